The Morgan fingerprint density at radius 3 is 2.54 bits per heavy atom. The number of rotatable bonds is 2. The molecule has 0 saturated heterocycles. The number of hydrogen-bond acceptors (Lipinski definition) is 2. The van der Waals surface area contributed by atoms with Gasteiger partial charge in [-0.05, 0) is 23.8 Å². The van der Waals surface area contributed by atoms with Crippen molar-refractivity contribution in [2.24, 2.45) is 0 Å². The average molecular weight is 200 g/mol. The van der Waals surface area contributed by atoms with Crippen LogP contribution in [0.25, 0.3) is 6.08 Å². The maximum Gasteiger partial charge on any atom is 0.176 e. The fourth-order valence-electron chi connectivity index (χ4n) is 1.02. The zero-order valence-electron chi connectivity index (χ0n) is 7.12. The summed E-state index contributed by atoms with van der Waals surface area (Å²) in [5, 5.41) is 0. The molecule has 4 heteroatoms. The van der Waals surface area contributed by atoms with E-state index in [1.807, 2.05) is 0 Å². The van der Waals surface area contributed by atoms with E-state index in [2.05, 4.69) is 6.58 Å². The molecule has 0 saturated carbocycles. The third-order valence-electron chi connectivity index (χ3n) is 1.59. The van der Waals surface area contributed by atoms with E-state index in [1.165, 1.54) is 12.1 Å². The molecule has 13 heavy (non-hydrogen) atoms. The quantitative estimate of drug-likeness (QED) is 0.683. The number of halogens is 1. The van der Waals surface area contributed by atoms with Crippen molar-refractivity contribution < 1.29 is 12.8 Å². The smallest absolute Gasteiger partial charge is 0.176 e. The van der Waals surface area contributed by atoms with Crippen LogP contribution < -0.4 is 0 Å². The largest absolute Gasteiger partial charge is 0.224 e. The van der Waals surface area contributed by atoms with Crippen molar-refractivity contribution in [3.63, 3.8) is 0 Å². The molecule has 2 nitrogen and oxygen atoms in total. The summed E-state index contributed by atoms with van der Waals surface area (Å²) in [5.74, 6) is -0.470. The predicted octanol–water partition coefficient (Wildman–Crippen LogP) is 1.87. The highest BCUT2D eigenvalue weighted by molar-refractivity contribution is 7.90. The Morgan fingerprint density at radius 1 is 1.46 bits per heavy atom. The van der Waals surface area contributed by atoms with Crippen LogP contribution in [0.1, 0.15) is 5.56 Å². The van der Waals surface area contributed by atoms with Crippen molar-refractivity contribution in [2.45, 2.75) is 4.90 Å². The summed E-state index contributed by atoms with van der Waals surface area (Å²) in [6.45, 7) is 3.42. The van der Waals surface area contributed by atoms with E-state index >= 15 is 0 Å². The lowest BCUT2D eigenvalue weighted by Gasteiger charge is -2.02. The molecule has 1 aromatic rings. The van der Waals surface area contributed by atoms with Gasteiger partial charge in [-0.25, -0.2) is 12.8 Å². The van der Waals surface area contributed by atoms with Crippen LogP contribution in [0.5, 0.6) is 0 Å². The summed E-state index contributed by atoms with van der Waals surface area (Å²) in [5.41, 5.74) is 0.294. The summed E-state index contributed by atoms with van der Waals surface area (Å²) in [6.07, 6.45) is 2.40. The van der Waals surface area contributed by atoms with Crippen molar-refractivity contribution in [1.82, 2.24) is 0 Å². The van der Waals surface area contributed by atoms with Gasteiger partial charge in [0.25, 0.3) is 0 Å². The molecule has 0 amide bonds. The predicted molar refractivity (Wildman–Crippen MR) is 49.6 cm³/mol. The zero-order chi connectivity index (χ0) is 10.1. The highest BCUT2D eigenvalue weighted by Gasteiger charge is 2.11. The Balaban J connectivity index is 3.47. The molecule has 0 fully saturated rings. The van der Waals surface area contributed by atoms with Gasteiger partial charge in [0.15, 0.2) is 9.84 Å². The monoisotopic (exact) mass is 200 g/mol. The highest BCUT2D eigenvalue weighted by atomic mass is 32.2. The Bertz CT molecular complexity index is 435. The minimum Gasteiger partial charge on any atom is -0.224 e. The summed E-state index contributed by atoms with van der Waals surface area (Å²) < 4.78 is 35.0. The highest BCUT2D eigenvalue weighted by Crippen LogP contribution is 2.17. The first kappa shape index (κ1) is 9.92. The molecule has 0 aliphatic carbocycles. The maximum absolute atomic E-state index is 12.7. The second kappa shape index (κ2) is 3.30. The lowest BCUT2D eigenvalue weighted by atomic mass is 10.2. The molecular formula is C9H9FO2S. The zero-order valence-corrected chi connectivity index (χ0v) is 7.94. The lowest BCUT2D eigenvalue weighted by Crippen LogP contribution is -2.00. The topological polar surface area (TPSA) is 34.1 Å². The third kappa shape index (κ3) is 2.15. The molecule has 0 aromatic heterocycles. The van der Waals surface area contributed by atoms with Crippen molar-refractivity contribution >= 4 is 15.9 Å². The van der Waals surface area contributed by atoms with Crippen LogP contribution >= 0.6 is 0 Å². The molecule has 0 N–H and O–H groups in total. The first-order valence-electron chi connectivity index (χ1n) is 3.57. The van der Waals surface area contributed by atoms with Crippen LogP contribution in [0, 0.1) is 5.82 Å². The van der Waals surface area contributed by atoms with Gasteiger partial charge in [0.2, 0.25) is 0 Å². The number of sulfone groups is 1. The van der Waals surface area contributed by atoms with Crippen molar-refractivity contribution in [1.29, 1.82) is 0 Å². The van der Waals surface area contributed by atoms with Crippen molar-refractivity contribution in [2.75, 3.05) is 6.26 Å². The van der Waals surface area contributed by atoms with E-state index in [1.54, 1.807) is 0 Å². The van der Waals surface area contributed by atoms with Gasteiger partial charge in [-0.15, -0.1) is 0 Å². The molecule has 0 radical (unpaired) electrons. The Kier molecular flexibility index (Phi) is 2.52. The summed E-state index contributed by atoms with van der Waals surface area (Å²) in [7, 11) is -3.30. The molecule has 0 atom stereocenters. The summed E-state index contributed by atoms with van der Waals surface area (Å²) in [4.78, 5) is 0.101. The van der Waals surface area contributed by atoms with Crippen LogP contribution in [-0.4, -0.2) is 14.7 Å². The van der Waals surface area contributed by atoms with E-state index < -0.39 is 15.7 Å². The van der Waals surface area contributed by atoms with Gasteiger partial charge < -0.3 is 0 Å². The van der Waals surface area contributed by atoms with Gasteiger partial charge in [0.1, 0.15) is 5.82 Å². The van der Waals surface area contributed by atoms with Crippen LogP contribution in [0.4, 0.5) is 4.39 Å². The fourth-order valence-corrected chi connectivity index (χ4v) is 1.90. The van der Waals surface area contributed by atoms with E-state index in [0.29, 0.717) is 5.56 Å². The molecule has 0 bridgehead atoms. The Hall–Kier alpha value is -1.16. The van der Waals surface area contributed by atoms with E-state index in [9.17, 15) is 12.8 Å². The maximum atomic E-state index is 12.7. The SMILES string of the molecule is C=Cc1cc(F)ccc1S(C)(=O)=O. The van der Waals surface area contributed by atoms with Gasteiger partial charge >= 0.3 is 0 Å². The second-order valence-corrected chi connectivity index (χ2v) is 4.64. The van der Waals surface area contributed by atoms with Gasteiger partial charge in [-0.3, -0.25) is 0 Å². The van der Waals surface area contributed by atoms with Crippen molar-refractivity contribution in [3.8, 4) is 0 Å². The third-order valence-corrected chi connectivity index (χ3v) is 2.76. The van der Waals surface area contributed by atoms with Crippen molar-refractivity contribution in [3.05, 3.63) is 36.2 Å². The van der Waals surface area contributed by atoms with Crippen LogP contribution in [0.3, 0.4) is 0 Å². The lowest BCUT2D eigenvalue weighted by molar-refractivity contribution is 0.600. The first-order valence-corrected chi connectivity index (χ1v) is 5.46. The normalized spacial score (nSPS) is 11.2. The van der Waals surface area contributed by atoms with Crippen LogP contribution in [0.15, 0.2) is 29.7 Å². The Labute approximate surface area is 76.6 Å². The van der Waals surface area contributed by atoms with Crippen LogP contribution in [0.2, 0.25) is 0 Å². The van der Waals surface area contributed by atoms with E-state index in [4.69, 9.17) is 0 Å². The van der Waals surface area contributed by atoms with E-state index in [-0.39, 0.29) is 4.90 Å². The van der Waals surface area contributed by atoms with Gasteiger partial charge in [0, 0.05) is 6.26 Å². The van der Waals surface area contributed by atoms with E-state index in [0.717, 1.165) is 18.4 Å². The molecule has 1 aromatic carbocycles. The number of benzene rings is 1. The minimum absolute atomic E-state index is 0.101. The Morgan fingerprint density at radius 2 is 2.08 bits per heavy atom. The molecule has 0 aliphatic rings. The average Bonchev–Trinajstić information content (AvgIpc) is 2.01. The number of hydrogen-bond donors (Lipinski definition) is 0. The van der Waals surface area contributed by atoms with Crippen LogP contribution in [-0.2, 0) is 9.84 Å². The molecule has 1 rings (SSSR count). The molecule has 70 valence electrons. The summed E-state index contributed by atoms with van der Waals surface area (Å²) in [6, 6.07) is 3.49. The molecule has 0 heterocycles. The summed E-state index contributed by atoms with van der Waals surface area (Å²) >= 11 is 0. The first-order chi connectivity index (χ1) is 5.95. The molecule has 0 unspecified atom stereocenters. The second-order valence-electron chi connectivity index (χ2n) is 2.66. The van der Waals surface area contributed by atoms with Gasteiger partial charge in [-0.1, -0.05) is 12.7 Å². The van der Waals surface area contributed by atoms with Gasteiger partial charge in [0.05, 0.1) is 4.90 Å². The fraction of sp³-hybridized carbons (Fsp3) is 0.111. The minimum atomic E-state index is -3.30. The molecule has 0 spiro atoms. The standard InChI is InChI=1S/C9H9FO2S/c1-3-7-6-8(10)4-5-9(7)13(2,11)12/h3-6H,1H2,2H3. The molecule has 0 aliphatic heterocycles. The molecular weight excluding hydrogens is 191 g/mol. The van der Waals surface area contributed by atoms with Gasteiger partial charge in [-0.2, -0.15) is 0 Å².